The Morgan fingerprint density at radius 3 is 2.43 bits per heavy atom. The van der Waals surface area contributed by atoms with Crippen molar-refractivity contribution in [2.75, 3.05) is 7.05 Å². The second-order valence-electron chi connectivity index (χ2n) is 5.09. The van der Waals surface area contributed by atoms with Crippen molar-refractivity contribution < 1.29 is 4.79 Å². The molecule has 1 atom stereocenters. The van der Waals surface area contributed by atoms with Crippen LogP contribution in [0.1, 0.15) is 30.5 Å². The Balaban J connectivity index is 1.92. The lowest BCUT2D eigenvalue weighted by Gasteiger charge is -2.25. The number of aromatic nitrogens is 1. The fourth-order valence-electron chi connectivity index (χ4n) is 2.16. The standard InChI is InChI=1S/C17H19ClN2O/c1-13(15-9-11-19-12-10-15)20(2)17(21)8-5-14-3-6-16(18)7-4-14/h3-4,6-7,9-13H,5,8H2,1-2H3. The van der Waals surface area contributed by atoms with Crippen LogP contribution >= 0.6 is 11.6 Å². The average molecular weight is 303 g/mol. The van der Waals surface area contributed by atoms with E-state index in [0.29, 0.717) is 11.4 Å². The number of amides is 1. The van der Waals surface area contributed by atoms with Gasteiger partial charge < -0.3 is 4.90 Å². The van der Waals surface area contributed by atoms with Gasteiger partial charge in [0.1, 0.15) is 0 Å². The Hall–Kier alpha value is -1.87. The number of hydrogen-bond acceptors (Lipinski definition) is 2. The van der Waals surface area contributed by atoms with Gasteiger partial charge in [-0.15, -0.1) is 0 Å². The molecule has 0 saturated heterocycles. The lowest BCUT2D eigenvalue weighted by atomic mass is 10.1. The molecule has 4 heteroatoms. The quantitative estimate of drug-likeness (QED) is 0.839. The van der Waals surface area contributed by atoms with Crippen LogP contribution < -0.4 is 0 Å². The molecule has 0 aliphatic heterocycles. The van der Waals surface area contributed by atoms with Gasteiger partial charge in [-0.05, 0) is 48.7 Å². The molecule has 1 unspecified atom stereocenters. The van der Waals surface area contributed by atoms with Crippen LogP contribution in [0.5, 0.6) is 0 Å². The Labute approximate surface area is 130 Å². The number of pyridine rings is 1. The van der Waals surface area contributed by atoms with Crippen LogP contribution in [0.2, 0.25) is 5.02 Å². The van der Waals surface area contributed by atoms with Gasteiger partial charge in [-0.1, -0.05) is 23.7 Å². The molecule has 110 valence electrons. The molecule has 21 heavy (non-hydrogen) atoms. The maximum absolute atomic E-state index is 12.3. The molecule has 0 radical (unpaired) electrons. The number of aryl methyl sites for hydroxylation is 1. The van der Waals surface area contributed by atoms with Crippen molar-refractivity contribution in [3.05, 3.63) is 64.9 Å². The number of carbonyl (C=O) groups excluding carboxylic acids is 1. The van der Waals surface area contributed by atoms with Gasteiger partial charge in [-0.25, -0.2) is 0 Å². The summed E-state index contributed by atoms with van der Waals surface area (Å²) < 4.78 is 0. The van der Waals surface area contributed by atoms with Crippen LogP contribution in [0, 0.1) is 0 Å². The number of halogens is 1. The van der Waals surface area contributed by atoms with Crippen molar-refractivity contribution in [1.82, 2.24) is 9.88 Å². The summed E-state index contributed by atoms with van der Waals surface area (Å²) in [6, 6.07) is 11.5. The van der Waals surface area contributed by atoms with Crippen molar-refractivity contribution in [2.45, 2.75) is 25.8 Å². The number of rotatable bonds is 5. The lowest BCUT2D eigenvalue weighted by Crippen LogP contribution is -2.29. The number of carbonyl (C=O) groups is 1. The molecule has 0 aliphatic rings. The molecule has 1 heterocycles. The van der Waals surface area contributed by atoms with E-state index < -0.39 is 0 Å². The van der Waals surface area contributed by atoms with Crippen molar-refractivity contribution in [1.29, 1.82) is 0 Å². The van der Waals surface area contributed by atoms with Gasteiger partial charge in [0.05, 0.1) is 6.04 Å². The third-order valence-corrected chi connectivity index (χ3v) is 3.96. The average Bonchev–Trinajstić information content (AvgIpc) is 2.53. The zero-order valence-electron chi connectivity index (χ0n) is 12.3. The first-order chi connectivity index (χ1) is 10.1. The monoisotopic (exact) mass is 302 g/mol. The van der Waals surface area contributed by atoms with Crippen molar-refractivity contribution in [3.63, 3.8) is 0 Å². The highest BCUT2D eigenvalue weighted by atomic mass is 35.5. The number of hydrogen-bond donors (Lipinski definition) is 0. The smallest absolute Gasteiger partial charge is 0.223 e. The van der Waals surface area contributed by atoms with E-state index in [0.717, 1.165) is 17.5 Å². The van der Waals surface area contributed by atoms with Crippen LogP contribution in [0.25, 0.3) is 0 Å². The number of benzene rings is 1. The predicted octanol–water partition coefficient (Wildman–Crippen LogP) is 3.89. The zero-order valence-corrected chi connectivity index (χ0v) is 13.0. The van der Waals surface area contributed by atoms with Gasteiger partial charge in [-0.2, -0.15) is 0 Å². The van der Waals surface area contributed by atoms with Crippen molar-refractivity contribution in [3.8, 4) is 0 Å². The summed E-state index contributed by atoms with van der Waals surface area (Å²) in [4.78, 5) is 18.1. The highest BCUT2D eigenvalue weighted by molar-refractivity contribution is 6.30. The fourth-order valence-corrected chi connectivity index (χ4v) is 2.29. The molecular formula is C17H19ClN2O. The van der Waals surface area contributed by atoms with Gasteiger partial charge >= 0.3 is 0 Å². The van der Waals surface area contributed by atoms with E-state index in [-0.39, 0.29) is 11.9 Å². The van der Waals surface area contributed by atoms with Gasteiger partial charge in [-0.3, -0.25) is 9.78 Å². The first-order valence-corrected chi connectivity index (χ1v) is 7.36. The second kappa shape index (κ2) is 7.23. The minimum Gasteiger partial charge on any atom is -0.339 e. The summed E-state index contributed by atoms with van der Waals surface area (Å²) in [5, 5.41) is 0.716. The molecule has 0 N–H and O–H groups in total. The third-order valence-electron chi connectivity index (χ3n) is 3.70. The Kier molecular flexibility index (Phi) is 5.34. The Morgan fingerprint density at radius 1 is 1.19 bits per heavy atom. The normalized spacial score (nSPS) is 12.0. The SMILES string of the molecule is CC(c1ccncc1)N(C)C(=O)CCc1ccc(Cl)cc1. The van der Waals surface area contributed by atoms with E-state index in [1.165, 1.54) is 0 Å². The topological polar surface area (TPSA) is 33.2 Å². The van der Waals surface area contributed by atoms with Crippen LogP contribution in [0.4, 0.5) is 0 Å². The van der Waals surface area contributed by atoms with Crippen LogP contribution in [0.3, 0.4) is 0 Å². The van der Waals surface area contributed by atoms with Gasteiger partial charge in [0.2, 0.25) is 5.91 Å². The maximum atomic E-state index is 12.3. The van der Waals surface area contributed by atoms with Crippen LogP contribution in [-0.2, 0) is 11.2 Å². The van der Waals surface area contributed by atoms with E-state index in [4.69, 9.17) is 11.6 Å². The van der Waals surface area contributed by atoms with Crippen LogP contribution in [-0.4, -0.2) is 22.8 Å². The van der Waals surface area contributed by atoms with Crippen molar-refractivity contribution >= 4 is 17.5 Å². The highest BCUT2D eigenvalue weighted by Crippen LogP contribution is 2.19. The molecule has 0 spiro atoms. The highest BCUT2D eigenvalue weighted by Gasteiger charge is 2.16. The Bertz CT molecular complexity index is 583. The molecule has 3 nitrogen and oxygen atoms in total. The minimum absolute atomic E-state index is 0.0470. The summed E-state index contributed by atoms with van der Waals surface area (Å²) in [6.07, 6.45) is 4.71. The van der Waals surface area contributed by atoms with E-state index in [2.05, 4.69) is 4.98 Å². The maximum Gasteiger partial charge on any atom is 0.223 e. The van der Waals surface area contributed by atoms with Gasteiger partial charge in [0, 0.05) is 30.9 Å². The van der Waals surface area contributed by atoms with Gasteiger partial charge in [0.15, 0.2) is 0 Å². The molecule has 0 fully saturated rings. The first kappa shape index (κ1) is 15.5. The summed E-state index contributed by atoms with van der Waals surface area (Å²) in [5.74, 6) is 0.134. The summed E-state index contributed by atoms with van der Waals surface area (Å²) in [7, 11) is 1.84. The molecule has 2 rings (SSSR count). The summed E-state index contributed by atoms with van der Waals surface area (Å²) in [6.45, 7) is 2.02. The fraction of sp³-hybridized carbons (Fsp3) is 0.294. The molecule has 1 aromatic heterocycles. The lowest BCUT2D eigenvalue weighted by molar-refractivity contribution is -0.131. The molecule has 0 aliphatic carbocycles. The van der Waals surface area contributed by atoms with E-state index >= 15 is 0 Å². The molecule has 2 aromatic rings. The van der Waals surface area contributed by atoms with Crippen LogP contribution in [0.15, 0.2) is 48.8 Å². The minimum atomic E-state index is 0.0470. The molecule has 0 bridgehead atoms. The van der Waals surface area contributed by atoms with Crippen molar-refractivity contribution in [2.24, 2.45) is 0 Å². The predicted molar refractivity (Wildman–Crippen MR) is 85.2 cm³/mol. The van der Waals surface area contributed by atoms with E-state index in [1.54, 1.807) is 17.3 Å². The largest absolute Gasteiger partial charge is 0.339 e. The van der Waals surface area contributed by atoms with Gasteiger partial charge in [0.25, 0.3) is 0 Å². The van der Waals surface area contributed by atoms with E-state index in [1.807, 2.05) is 50.4 Å². The Morgan fingerprint density at radius 2 is 1.81 bits per heavy atom. The summed E-state index contributed by atoms with van der Waals surface area (Å²) >= 11 is 5.85. The van der Waals surface area contributed by atoms with E-state index in [9.17, 15) is 4.79 Å². The second-order valence-corrected chi connectivity index (χ2v) is 5.52. The zero-order chi connectivity index (χ0) is 15.2. The molecular weight excluding hydrogens is 284 g/mol. The first-order valence-electron chi connectivity index (χ1n) is 6.98. The molecule has 1 aromatic carbocycles. The number of nitrogens with zero attached hydrogens (tertiary/aromatic N) is 2. The third kappa shape index (κ3) is 4.30. The summed E-state index contributed by atoms with van der Waals surface area (Å²) in [5.41, 5.74) is 2.21. The molecule has 0 saturated carbocycles. The molecule has 1 amide bonds.